The lowest BCUT2D eigenvalue weighted by atomic mass is 10.1. The number of guanidine groups is 1. The number of hydrogen-bond donors (Lipinski definition) is 2. The van der Waals surface area contributed by atoms with Crippen LogP contribution in [0.2, 0.25) is 0 Å². The average molecular weight is 422 g/mol. The van der Waals surface area contributed by atoms with Gasteiger partial charge in [0.2, 0.25) is 12.4 Å². The Morgan fingerprint density at radius 1 is 1.23 bits per heavy atom. The number of nitrogens with zero attached hydrogens (tertiary/aromatic N) is 2. The second-order valence-electron chi connectivity index (χ2n) is 6.48. The first-order valence-electron chi connectivity index (χ1n) is 9.54. The summed E-state index contributed by atoms with van der Waals surface area (Å²) in [5, 5.41) is 6.23. The molecule has 8 nitrogen and oxygen atoms in total. The third-order valence-corrected chi connectivity index (χ3v) is 4.46. The van der Waals surface area contributed by atoms with Crippen LogP contribution in [0.1, 0.15) is 18.4 Å². The van der Waals surface area contributed by atoms with E-state index in [0.717, 1.165) is 12.8 Å². The molecule has 30 heavy (non-hydrogen) atoms. The van der Waals surface area contributed by atoms with Crippen LogP contribution >= 0.6 is 0 Å². The highest BCUT2D eigenvalue weighted by molar-refractivity contribution is 5.79. The molecule has 2 aromatic rings. The molecule has 1 aliphatic heterocycles. The molecule has 0 saturated heterocycles. The van der Waals surface area contributed by atoms with E-state index in [4.69, 9.17) is 9.47 Å². The van der Waals surface area contributed by atoms with E-state index in [-0.39, 0.29) is 24.6 Å². The van der Waals surface area contributed by atoms with Gasteiger partial charge in [-0.3, -0.25) is 9.79 Å². The molecule has 1 aromatic carbocycles. The second-order valence-corrected chi connectivity index (χ2v) is 6.48. The largest absolute Gasteiger partial charge is 0.454 e. The molecule has 0 atom stereocenters. The van der Waals surface area contributed by atoms with Crippen LogP contribution in [0, 0.1) is 0 Å². The molecule has 162 valence electrons. The normalized spacial score (nSPS) is 12.9. The van der Waals surface area contributed by atoms with Crippen LogP contribution in [-0.2, 0) is 13.1 Å². The molecule has 2 N–H and O–H groups in total. The number of nitrogens with one attached hydrogen (secondary N) is 2. The monoisotopic (exact) mass is 422 g/mol. The summed E-state index contributed by atoms with van der Waals surface area (Å²) < 4.78 is 42.3. The number of hydrogen-bond acceptors (Lipinski definition) is 5. The number of fused-ring (bicyclic) bond motifs is 1. The zero-order valence-corrected chi connectivity index (χ0v) is 16.6. The molecule has 3 rings (SSSR count). The highest BCUT2D eigenvalue weighted by atomic mass is 19.3. The Morgan fingerprint density at radius 2 is 2.03 bits per heavy atom. The van der Waals surface area contributed by atoms with Crippen molar-refractivity contribution < 1.29 is 23.0 Å². The maximum absolute atomic E-state index is 12.7. The minimum Gasteiger partial charge on any atom is -0.454 e. The molecule has 0 unspecified atom stereocenters. The van der Waals surface area contributed by atoms with Gasteiger partial charge in [0.05, 0.1) is 0 Å². The molecule has 0 aliphatic carbocycles. The Bertz CT molecular complexity index is 933. The second kappa shape index (κ2) is 10.5. The number of aliphatic imine (C=N–C) groups is 1. The predicted molar refractivity (Wildman–Crippen MR) is 107 cm³/mol. The molecule has 1 aliphatic rings. The van der Waals surface area contributed by atoms with Gasteiger partial charge in [0, 0.05) is 50.6 Å². The summed E-state index contributed by atoms with van der Waals surface area (Å²) in [7, 11) is 1.62. The summed E-state index contributed by atoms with van der Waals surface area (Å²) in [5.74, 6) is 1.39. The zero-order chi connectivity index (χ0) is 21.3. The minimum absolute atomic E-state index is 0.0190. The van der Waals surface area contributed by atoms with Crippen LogP contribution < -0.4 is 30.4 Å². The van der Waals surface area contributed by atoms with E-state index in [1.807, 2.05) is 6.07 Å². The van der Waals surface area contributed by atoms with E-state index < -0.39 is 6.61 Å². The third-order valence-electron chi connectivity index (χ3n) is 4.46. The Hall–Kier alpha value is -3.30. The van der Waals surface area contributed by atoms with Crippen molar-refractivity contribution in [2.75, 3.05) is 20.4 Å². The van der Waals surface area contributed by atoms with Gasteiger partial charge < -0.3 is 29.4 Å². The topological polar surface area (TPSA) is 86.1 Å². The number of alkyl halides is 2. The number of rotatable bonds is 9. The van der Waals surface area contributed by atoms with Crippen molar-refractivity contribution in [1.82, 2.24) is 15.2 Å². The number of halogens is 2. The summed E-state index contributed by atoms with van der Waals surface area (Å²) in [6.45, 7) is -1.42. The van der Waals surface area contributed by atoms with Gasteiger partial charge in [-0.05, 0) is 25.0 Å². The van der Waals surface area contributed by atoms with Gasteiger partial charge in [-0.25, -0.2) is 0 Å². The minimum atomic E-state index is -2.95. The van der Waals surface area contributed by atoms with Crippen molar-refractivity contribution >= 4 is 5.96 Å². The first-order chi connectivity index (χ1) is 14.6. The fourth-order valence-corrected chi connectivity index (χ4v) is 2.97. The van der Waals surface area contributed by atoms with Gasteiger partial charge in [-0.2, -0.15) is 8.78 Å². The van der Waals surface area contributed by atoms with Crippen LogP contribution in [0.25, 0.3) is 0 Å². The molecule has 10 heteroatoms. The fourth-order valence-electron chi connectivity index (χ4n) is 2.97. The lowest BCUT2D eigenvalue weighted by Gasteiger charge is -2.15. The number of benzene rings is 1. The van der Waals surface area contributed by atoms with Gasteiger partial charge in [0.25, 0.3) is 0 Å². The lowest BCUT2D eigenvalue weighted by molar-refractivity contribution is -0.0505. The highest BCUT2D eigenvalue weighted by Gasteiger charge is 2.20. The van der Waals surface area contributed by atoms with E-state index in [2.05, 4.69) is 20.4 Å². The van der Waals surface area contributed by atoms with Gasteiger partial charge in [0.1, 0.15) is 5.75 Å². The maximum Gasteiger partial charge on any atom is 0.387 e. The molecule has 1 aromatic heterocycles. The Morgan fingerprint density at radius 3 is 2.77 bits per heavy atom. The number of unbranched alkanes of at least 4 members (excludes halogenated alkanes) is 1. The Balaban J connectivity index is 1.48. The molecular weight excluding hydrogens is 398 g/mol. The van der Waals surface area contributed by atoms with Crippen molar-refractivity contribution in [3.63, 3.8) is 0 Å². The maximum atomic E-state index is 12.7. The van der Waals surface area contributed by atoms with Crippen LogP contribution in [0.3, 0.4) is 0 Å². The summed E-state index contributed by atoms with van der Waals surface area (Å²) in [4.78, 5) is 15.8. The summed E-state index contributed by atoms with van der Waals surface area (Å²) in [5.41, 5.74) is 0.472. The Kier molecular flexibility index (Phi) is 7.47. The standard InChI is InChI=1S/C20H24F2N4O4/c1-23-20(24-7-3-5-9-26-8-4-2-6-18(26)27)25-12-14-10-16-17(29-13-28-16)11-15(14)30-19(21)22/h2,4,6,8,10-11,19H,3,5,7,9,12-13H2,1H3,(H2,23,24,25). The predicted octanol–water partition coefficient (Wildman–Crippen LogP) is 2.32. The third kappa shape index (κ3) is 5.85. The number of pyridine rings is 1. The van der Waals surface area contributed by atoms with Gasteiger partial charge in [-0.1, -0.05) is 6.07 Å². The highest BCUT2D eigenvalue weighted by Crippen LogP contribution is 2.38. The quantitative estimate of drug-likeness (QED) is 0.367. The Labute approximate surface area is 172 Å². The van der Waals surface area contributed by atoms with Crippen LogP contribution in [0.15, 0.2) is 46.3 Å². The summed E-state index contributed by atoms with van der Waals surface area (Å²) >= 11 is 0. The van der Waals surface area contributed by atoms with Crippen molar-refractivity contribution in [3.8, 4) is 17.2 Å². The molecule has 0 amide bonds. The number of ether oxygens (including phenoxy) is 3. The summed E-state index contributed by atoms with van der Waals surface area (Å²) in [6.07, 6.45) is 3.41. The van der Waals surface area contributed by atoms with Crippen molar-refractivity contribution in [1.29, 1.82) is 0 Å². The van der Waals surface area contributed by atoms with E-state index in [0.29, 0.717) is 36.1 Å². The molecule has 0 bridgehead atoms. The first-order valence-corrected chi connectivity index (χ1v) is 9.54. The molecule has 0 radical (unpaired) electrons. The van der Waals surface area contributed by atoms with Crippen molar-refractivity contribution in [3.05, 3.63) is 52.4 Å². The van der Waals surface area contributed by atoms with Gasteiger partial charge in [-0.15, -0.1) is 0 Å². The SMILES string of the molecule is CN=C(NCCCCn1ccccc1=O)NCc1cc2c(cc1OC(F)F)OCO2. The molecular formula is C20H24F2N4O4. The van der Waals surface area contributed by atoms with Crippen LogP contribution in [0.5, 0.6) is 17.2 Å². The molecule has 0 fully saturated rings. The first kappa shape index (κ1) is 21.4. The smallest absolute Gasteiger partial charge is 0.387 e. The number of aryl methyl sites for hydroxylation is 1. The van der Waals surface area contributed by atoms with E-state index in [9.17, 15) is 13.6 Å². The fraction of sp³-hybridized carbons (Fsp3) is 0.400. The average Bonchev–Trinajstić information content (AvgIpc) is 3.18. The van der Waals surface area contributed by atoms with E-state index in [1.54, 1.807) is 29.9 Å². The van der Waals surface area contributed by atoms with Crippen LogP contribution in [0.4, 0.5) is 8.78 Å². The van der Waals surface area contributed by atoms with Gasteiger partial charge in [0.15, 0.2) is 17.5 Å². The van der Waals surface area contributed by atoms with Crippen molar-refractivity contribution in [2.45, 2.75) is 32.5 Å². The van der Waals surface area contributed by atoms with Gasteiger partial charge >= 0.3 is 6.61 Å². The zero-order valence-electron chi connectivity index (χ0n) is 16.6. The van der Waals surface area contributed by atoms with E-state index >= 15 is 0 Å². The number of aromatic nitrogens is 1. The molecule has 0 spiro atoms. The van der Waals surface area contributed by atoms with E-state index in [1.165, 1.54) is 12.1 Å². The van der Waals surface area contributed by atoms with Crippen LogP contribution in [-0.4, -0.2) is 37.5 Å². The van der Waals surface area contributed by atoms with Crippen molar-refractivity contribution in [2.24, 2.45) is 4.99 Å². The lowest BCUT2D eigenvalue weighted by Crippen LogP contribution is -2.37. The summed E-state index contributed by atoms with van der Waals surface area (Å²) in [6, 6.07) is 8.08. The molecule has 2 heterocycles. The molecule has 0 saturated carbocycles.